The second-order valence-corrected chi connectivity index (χ2v) is 9.03. The lowest BCUT2D eigenvalue weighted by Crippen LogP contribution is -2.12. The quantitative estimate of drug-likeness (QED) is 0.490. The van der Waals surface area contributed by atoms with Crippen molar-refractivity contribution in [3.05, 3.63) is 53.6 Å². The molecule has 0 aliphatic heterocycles. The normalized spacial score (nSPS) is 11.8. The summed E-state index contributed by atoms with van der Waals surface area (Å²) in [5.41, 5.74) is 6.24. The first-order valence-electron chi connectivity index (χ1n) is 10.5. The van der Waals surface area contributed by atoms with Crippen molar-refractivity contribution >= 4 is 28.6 Å². The predicted molar refractivity (Wildman–Crippen MR) is 125 cm³/mol. The number of anilines is 3. The molecule has 8 heteroatoms. The number of hydrogen-bond donors (Lipinski definition) is 2. The SMILES string of the molecule is Cc1ccc(C(C)(C)C)cc1Nc1nc(NCCc2cnn(C)c2)nc2ncn(C)c12. The molecular formula is C23H30N8. The average Bonchev–Trinajstić information content (AvgIpc) is 3.28. The highest BCUT2D eigenvalue weighted by molar-refractivity contribution is 5.87. The topological polar surface area (TPSA) is 85.5 Å². The van der Waals surface area contributed by atoms with Gasteiger partial charge in [-0.2, -0.15) is 15.1 Å². The molecule has 0 unspecified atom stereocenters. The van der Waals surface area contributed by atoms with Crippen molar-refractivity contribution < 1.29 is 0 Å². The van der Waals surface area contributed by atoms with Crippen molar-refractivity contribution in [2.24, 2.45) is 14.1 Å². The first-order valence-corrected chi connectivity index (χ1v) is 10.5. The zero-order valence-electron chi connectivity index (χ0n) is 19.1. The lowest BCUT2D eigenvalue weighted by atomic mass is 9.86. The third-order valence-corrected chi connectivity index (χ3v) is 5.38. The molecular weight excluding hydrogens is 388 g/mol. The number of fused-ring (bicyclic) bond motifs is 1. The summed E-state index contributed by atoms with van der Waals surface area (Å²) in [5, 5.41) is 11.1. The highest BCUT2D eigenvalue weighted by Crippen LogP contribution is 2.30. The Labute approximate surface area is 182 Å². The molecule has 4 rings (SSSR count). The van der Waals surface area contributed by atoms with Gasteiger partial charge in [0.2, 0.25) is 5.95 Å². The highest BCUT2D eigenvalue weighted by Gasteiger charge is 2.17. The smallest absolute Gasteiger partial charge is 0.226 e. The number of aryl methyl sites for hydroxylation is 3. The van der Waals surface area contributed by atoms with Crippen molar-refractivity contribution in [2.75, 3.05) is 17.2 Å². The number of aromatic nitrogens is 6. The van der Waals surface area contributed by atoms with Crippen LogP contribution in [0.2, 0.25) is 0 Å². The van der Waals surface area contributed by atoms with E-state index >= 15 is 0 Å². The maximum Gasteiger partial charge on any atom is 0.226 e. The second kappa shape index (κ2) is 8.02. The number of rotatable bonds is 6. The van der Waals surface area contributed by atoms with E-state index in [1.165, 1.54) is 11.1 Å². The molecule has 4 aromatic rings. The van der Waals surface area contributed by atoms with Gasteiger partial charge in [0, 0.05) is 32.5 Å². The van der Waals surface area contributed by atoms with E-state index in [9.17, 15) is 0 Å². The molecule has 0 aliphatic carbocycles. The van der Waals surface area contributed by atoms with Crippen LogP contribution in [0.1, 0.15) is 37.5 Å². The van der Waals surface area contributed by atoms with E-state index in [2.05, 4.69) is 71.6 Å². The number of nitrogens with zero attached hydrogens (tertiary/aromatic N) is 6. The average molecular weight is 419 g/mol. The van der Waals surface area contributed by atoms with Gasteiger partial charge < -0.3 is 15.2 Å². The fraction of sp³-hybridized carbons (Fsp3) is 0.391. The molecule has 3 heterocycles. The fourth-order valence-corrected chi connectivity index (χ4v) is 3.49. The van der Waals surface area contributed by atoms with E-state index in [0.717, 1.165) is 29.0 Å². The molecule has 0 amide bonds. The van der Waals surface area contributed by atoms with E-state index in [1.807, 2.05) is 35.7 Å². The molecule has 0 atom stereocenters. The zero-order chi connectivity index (χ0) is 22.2. The summed E-state index contributed by atoms with van der Waals surface area (Å²) in [5.74, 6) is 1.30. The molecule has 1 aromatic carbocycles. The zero-order valence-corrected chi connectivity index (χ0v) is 19.1. The van der Waals surface area contributed by atoms with Gasteiger partial charge in [-0.15, -0.1) is 0 Å². The Kier molecular flexibility index (Phi) is 5.39. The van der Waals surface area contributed by atoms with Crippen LogP contribution in [0.5, 0.6) is 0 Å². The molecule has 0 fully saturated rings. The van der Waals surface area contributed by atoms with Crippen LogP contribution in [0, 0.1) is 6.92 Å². The highest BCUT2D eigenvalue weighted by atomic mass is 15.2. The Morgan fingerprint density at radius 1 is 1.10 bits per heavy atom. The van der Waals surface area contributed by atoms with Gasteiger partial charge in [0.25, 0.3) is 0 Å². The molecule has 0 saturated heterocycles. The summed E-state index contributed by atoms with van der Waals surface area (Å²) in [6, 6.07) is 6.54. The van der Waals surface area contributed by atoms with Crippen LogP contribution in [-0.4, -0.2) is 35.8 Å². The maximum absolute atomic E-state index is 4.78. The first-order chi connectivity index (χ1) is 14.7. The van der Waals surface area contributed by atoms with Crippen molar-refractivity contribution in [3.63, 3.8) is 0 Å². The molecule has 2 N–H and O–H groups in total. The van der Waals surface area contributed by atoms with Gasteiger partial charge in [-0.1, -0.05) is 32.9 Å². The molecule has 31 heavy (non-hydrogen) atoms. The fourth-order valence-electron chi connectivity index (χ4n) is 3.49. The van der Waals surface area contributed by atoms with Crippen molar-refractivity contribution in [2.45, 2.75) is 39.5 Å². The van der Waals surface area contributed by atoms with Crippen LogP contribution in [0.25, 0.3) is 11.2 Å². The summed E-state index contributed by atoms with van der Waals surface area (Å²) in [7, 11) is 3.88. The van der Waals surface area contributed by atoms with Gasteiger partial charge in [-0.25, -0.2) is 4.98 Å². The largest absolute Gasteiger partial charge is 0.354 e. The summed E-state index contributed by atoms with van der Waals surface area (Å²) in [4.78, 5) is 13.8. The van der Waals surface area contributed by atoms with E-state index in [-0.39, 0.29) is 5.41 Å². The number of hydrogen-bond acceptors (Lipinski definition) is 6. The Balaban J connectivity index is 1.63. The van der Waals surface area contributed by atoms with Crippen molar-refractivity contribution in [3.8, 4) is 0 Å². The van der Waals surface area contributed by atoms with Gasteiger partial charge >= 0.3 is 0 Å². The Bertz CT molecular complexity index is 1210. The molecule has 8 nitrogen and oxygen atoms in total. The second-order valence-electron chi connectivity index (χ2n) is 9.03. The number of imidazole rings is 1. The van der Waals surface area contributed by atoms with Gasteiger partial charge in [0.1, 0.15) is 5.52 Å². The molecule has 0 aliphatic rings. The third-order valence-electron chi connectivity index (χ3n) is 5.38. The summed E-state index contributed by atoms with van der Waals surface area (Å²) >= 11 is 0. The molecule has 3 aromatic heterocycles. The van der Waals surface area contributed by atoms with Crippen molar-refractivity contribution in [1.29, 1.82) is 0 Å². The minimum absolute atomic E-state index is 0.0661. The van der Waals surface area contributed by atoms with Crippen LogP contribution in [0.15, 0.2) is 36.9 Å². The molecule has 162 valence electrons. The lowest BCUT2D eigenvalue weighted by molar-refractivity contribution is 0.590. The van der Waals surface area contributed by atoms with E-state index in [1.54, 1.807) is 6.33 Å². The van der Waals surface area contributed by atoms with Gasteiger partial charge in [0.15, 0.2) is 11.5 Å². The van der Waals surface area contributed by atoms with E-state index < -0.39 is 0 Å². The van der Waals surface area contributed by atoms with Crippen LogP contribution in [0.3, 0.4) is 0 Å². The summed E-state index contributed by atoms with van der Waals surface area (Å²) < 4.78 is 3.75. The maximum atomic E-state index is 4.78. The van der Waals surface area contributed by atoms with Crippen LogP contribution >= 0.6 is 0 Å². The van der Waals surface area contributed by atoms with Crippen molar-refractivity contribution in [1.82, 2.24) is 29.3 Å². The first kappa shape index (κ1) is 20.8. The number of nitrogens with one attached hydrogen (secondary N) is 2. The van der Waals surface area contributed by atoms with E-state index in [4.69, 9.17) is 4.98 Å². The Morgan fingerprint density at radius 3 is 2.61 bits per heavy atom. The van der Waals surface area contributed by atoms with Gasteiger partial charge in [0.05, 0.1) is 12.5 Å². The monoisotopic (exact) mass is 418 g/mol. The Hall–Kier alpha value is -3.42. The lowest BCUT2D eigenvalue weighted by Gasteiger charge is -2.21. The minimum Gasteiger partial charge on any atom is -0.354 e. The summed E-state index contributed by atoms with van der Waals surface area (Å²) in [6.45, 7) is 9.46. The molecule has 0 bridgehead atoms. The summed E-state index contributed by atoms with van der Waals surface area (Å²) in [6.07, 6.45) is 6.50. The number of benzene rings is 1. The molecule has 0 saturated carbocycles. The third kappa shape index (κ3) is 4.52. The standard InChI is InChI=1S/C23H30N8/c1-15-7-8-17(23(2,3)4)11-18(15)27-21-19-20(25-14-30(19)5)28-22(29-21)24-10-9-16-12-26-31(6)13-16/h7-8,11-14H,9-10H2,1-6H3,(H2,24,27,28,29). The minimum atomic E-state index is 0.0661. The van der Waals surface area contributed by atoms with Crippen LogP contribution < -0.4 is 10.6 Å². The molecule has 0 radical (unpaired) electrons. The van der Waals surface area contributed by atoms with Crippen LogP contribution in [0.4, 0.5) is 17.5 Å². The molecule has 0 spiro atoms. The predicted octanol–water partition coefficient (Wildman–Crippen LogP) is 4.10. The van der Waals surface area contributed by atoms with Crippen LogP contribution in [-0.2, 0) is 25.9 Å². The van der Waals surface area contributed by atoms with Gasteiger partial charge in [-0.3, -0.25) is 4.68 Å². The Morgan fingerprint density at radius 2 is 1.90 bits per heavy atom. The van der Waals surface area contributed by atoms with E-state index in [0.29, 0.717) is 18.1 Å². The van der Waals surface area contributed by atoms with Gasteiger partial charge in [-0.05, 0) is 41.5 Å².